The normalized spacial score (nSPS) is 23.5. The Morgan fingerprint density at radius 2 is 2.21 bits per heavy atom. The minimum Gasteiger partial charge on any atom is -0.326 e. The predicted octanol–water partition coefficient (Wildman–Crippen LogP) is 3.99. The Morgan fingerprint density at radius 3 is 2.84 bits per heavy atom. The summed E-state index contributed by atoms with van der Waals surface area (Å²) in [5, 5.41) is 0.804. The molecule has 1 saturated heterocycles. The van der Waals surface area contributed by atoms with Crippen LogP contribution in [0.15, 0.2) is 24.3 Å². The molecule has 0 aromatic heterocycles. The Bertz CT molecular complexity index is 407. The number of benzene rings is 1. The molecule has 1 aliphatic rings. The maximum Gasteiger partial charge on any atom is 0.0502 e. The highest BCUT2D eigenvalue weighted by atomic mass is 35.5. The molecule has 1 fully saturated rings. The molecule has 106 valence electrons. The summed E-state index contributed by atoms with van der Waals surface area (Å²) < 4.78 is 0. The second kappa shape index (κ2) is 6.74. The molecule has 1 aliphatic heterocycles. The molecular weight excluding hydrogens is 256 g/mol. The van der Waals surface area contributed by atoms with Crippen LogP contribution in [0.25, 0.3) is 0 Å². The van der Waals surface area contributed by atoms with Crippen molar-refractivity contribution in [2.75, 3.05) is 6.54 Å². The van der Waals surface area contributed by atoms with Gasteiger partial charge in [-0.3, -0.25) is 4.90 Å². The van der Waals surface area contributed by atoms with E-state index in [1.165, 1.54) is 24.8 Å². The van der Waals surface area contributed by atoms with E-state index < -0.39 is 0 Å². The van der Waals surface area contributed by atoms with E-state index in [0.29, 0.717) is 12.1 Å². The zero-order valence-electron chi connectivity index (χ0n) is 12.0. The van der Waals surface area contributed by atoms with Crippen LogP contribution >= 0.6 is 11.6 Å². The van der Waals surface area contributed by atoms with Crippen LogP contribution in [0.2, 0.25) is 5.02 Å². The first kappa shape index (κ1) is 14.8. The van der Waals surface area contributed by atoms with Crippen molar-refractivity contribution in [2.24, 2.45) is 5.73 Å². The highest BCUT2D eigenvalue weighted by Gasteiger charge is 2.33. The van der Waals surface area contributed by atoms with Crippen LogP contribution in [-0.4, -0.2) is 23.5 Å². The second-order valence-corrected chi connectivity index (χ2v) is 5.95. The number of rotatable bonds is 5. The highest BCUT2D eigenvalue weighted by Crippen LogP contribution is 2.34. The summed E-state index contributed by atoms with van der Waals surface area (Å²) in [5.74, 6) is 0. The van der Waals surface area contributed by atoms with Crippen LogP contribution in [0.4, 0.5) is 0 Å². The number of hydrogen-bond acceptors (Lipinski definition) is 2. The lowest BCUT2D eigenvalue weighted by Gasteiger charge is -2.36. The summed E-state index contributed by atoms with van der Waals surface area (Å²) in [4.78, 5) is 2.60. The SMILES string of the molecule is CCC(N)C(c1cccc(Cl)c1)N1CCCC1CC. The third-order valence-electron chi connectivity index (χ3n) is 4.32. The highest BCUT2D eigenvalue weighted by molar-refractivity contribution is 6.30. The largest absolute Gasteiger partial charge is 0.326 e. The number of nitrogens with two attached hydrogens (primary N) is 1. The Labute approximate surface area is 121 Å². The standard InChI is InChI=1S/C16H25ClN2/c1-3-14-9-6-10-19(14)16(15(18)4-2)12-7-5-8-13(17)11-12/h5,7-8,11,14-16H,3-4,6,9-10,18H2,1-2H3. The Hall–Kier alpha value is -0.570. The Morgan fingerprint density at radius 1 is 1.42 bits per heavy atom. The van der Waals surface area contributed by atoms with Crippen molar-refractivity contribution in [2.45, 2.75) is 57.7 Å². The summed E-state index contributed by atoms with van der Waals surface area (Å²) in [7, 11) is 0. The lowest BCUT2D eigenvalue weighted by Crippen LogP contribution is -2.43. The van der Waals surface area contributed by atoms with Crippen LogP contribution in [0, 0.1) is 0 Å². The molecule has 3 atom stereocenters. The molecule has 0 spiro atoms. The van der Waals surface area contributed by atoms with Gasteiger partial charge in [0.05, 0.1) is 6.04 Å². The lowest BCUT2D eigenvalue weighted by molar-refractivity contribution is 0.150. The van der Waals surface area contributed by atoms with Gasteiger partial charge in [0, 0.05) is 17.1 Å². The molecule has 2 N–H and O–H groups in total. The van der Waals surface area contributed by atoms with E-state index in [0.717, 1.165) is 18.0 Å². The van der Waals surface area contributed by atoms with Gasteiger partial charge in [0.1, 0.15) is 0 Å². The molecule has 1 aromatic rings. The fraction of sp³-hybridized carbons (Fsp3) is 0.625. The molecule has 2 rings (SSSR count). The minimum atomic E-state index is 0.172. The lowest BCUT2D eigenvalue weighted by atomic mass is 9.95. The molecule has 0 radical (unpaired) electrons. The maximum atomic E-state index is 6.41. The van der Waals surface area contributed by atoms with Crippen molar-refractivity contribution in [1.82, 2.24) is 4.90 Å². The van der Waals surface area contributed by atoms with E-state index in [4.69, 9.17) is 17.3 Å². The molecule has 3 heteroatoms. The molecular formula is C16H25ClN2. The zero-order valence-corrected chi connectivity index (χ0v) is 12.7. The summed E-state index contributed by atoms with van der Waals surface area (Å²) in [6.07, 6.45) is 4.77. The van der Waals surface area contributed by atoms with E-state index in [1.807, 2.05) is 12.1 Å². The molecule has 0 bridgehead atoms. The van der Waals surface area contributed by atoms with Gasteiger partial charge in [-0.15, -0.1) is 0 Å². The van der Waals surface area contributed by atoms with Gasteiger partial charge >= 0.3 is 0 Å². The van der Waals surface area contributed by atoms with Crippen molar-refractivity contribution in [3.8, 4) is 0 Å². The monoisotopic (exact) mass is 280 g/mol. The molecule has 0 saturated carbocycles. The van der Waals surface area contributed by atoms with Gasteiger partial charge in [-0.1, -0.05) is 37.6 Å². The van der Waals surface area contributed by atoms with E-state index in [2.05, 4.69) is 30.9 Å². The fourth-order valence-electron chi connectivity index (χ4n) is 3.26. The first-order valence-electron chi connectivity index (χ1n) is 7.44. The van der Waals surface area contributed by atoms with Crippen LogP contribution in [0.1, 0.15) is 51.1 Å². The van der Waals surface area contributed by atoms with Gasteiger partial charge in [-0.2, -0.15) is 0 Å². The third-order valence-corrected chi connectivity index (χ3v) is 4.55. The topological polar surface area (TPSA) is 29.3 Å². The van der Waals surface area contributed by atoms with Crippen LogP contribution in [-0.2, 0) is 0 Å². The molecule has 3 unspecified atom stereocenters. The Kier molecular flexibility index (Phi) is 5.26. The first-order chi connectivity index (χ1) is 9.17. The number of halogens is 1. The van der Waals surface area contributed by atoms with Gasteiger partial charge in [0.25, 0.3) is 0 Å². The zero-order chi connectivity index (χ0) is 13.8. The number of likely N-dealkylation sites (tertiary alicyclic amines) is 1. The number of nitrogens with zero attached hydrogens (tertiary/aromatic N) is 1. The van der Waals surface area contributed by atoms with Crippen LogP contribution in [0.3, 0.4) is 0 Å². The summed E-state index contributed by atoms with van der Waals surface area (Å²) in [6.45, 7) is 5.60. The smallest absolute Gasteiger partial charge is 0.0502 e. The van der Waals surface area contributed by atoms with Crippen molar-refractivity contribution >= 4 is 11.6 Å². The quantitative estimate of drug-likeness (QED) is 0.883. The van der Waals surface area contributed by atoms with Crippen LogP contribution < -0.4 is 5.73 Å². The maximum absolute atomic E-state index is 6.41. The molecule has 1 aromatic carbocycles. The molecule has 19 heavy (non-hydrogen) atoms. The number of hydrogen-bond donors (Lipinski definition) is 1. The van der Waals surface area contributed by atoms with Gasteiger partial charge in [0.2, 0.25) is 0 Å². The summed E-state index contributed by atoms with van der Waals surface area (Å²) in [6, 6.07) is 9.35. The second-order valence-electron chi connectivity index (χ2n) is 5.51. The molecule has 2 nitrogen and oxygen atoms in total. The van der Waals surface area contributed by atoms with Crippen molar-refractivity contribution in [3.63, 3.8) is 0 Å². The average molecular weight is 281 g/mol. The molecule has 0 aliphatic carbocycles. The van der Waals surface area contributed by atoms with Gasteiger partial charge in [0.15, 0.2) is 0 Å². The van der Waals surface area contributed by atoms with E-state index >= 15 is 0 Å². The average Bonchev–Trinajstić information content (AvgIpc) is 2.87. The van der Waals surface area contributed by atoms with Crippen molar-refractivity contribution < 1.29 is 0 Å². The summed E-state index contributed by atoms with van der Waals surface area (Å²) in [5.41, 5.74) is 7.68. The van der Waals surface area contributed by atoms with Crippen LogP contribution in [0.5, 0.6) is 0 Å². The van der Waals surface area contributed by atoms with Gasteiger partial charge in [-0.05, 0) is 49.9 Å². The Balaban J connectivity index is 2.30. The predicted molar refractivity (Wildman–Crippen MR) is 82.5 cm³/mol. The molecule has 1 heterocycles. The van der Waals surface area contributed by atoms with Gasteiger partial charge < -0.3 is 5.73 Å². The van der Waals surface area contributed by atoms with Crippen molar-refractivity contribution in [3.05, 3.63) is 34.9 Å². The van der Waals surface area contributed by atoms with E-state index in [9.17, 15) is 0 Å². The van der Waals surface area contributed by atoms with Crippen molar-refractivity contribution in [1.29, 1.82) is 0 Å². The third kappa shape index (κ3) is 3.31. The van der Waals surface area contributed by atoms with E-state index in [-0.39, 0.29) is 6.04 Å². The first-order valence-corrected chi connectivity index (χ1v) is 7.82. The summed E-state index contributed by atoms with van der Waals surface area (Å²) >= 11 is 6.15. The van der Waals surface area contributed by atoms with Gasteiger partial charge in [-0.25, -0.2) is 0 Å². The minimum absolute atomic E-state index is 0.172. The van der Waals surface area contributed by atoms with E-state index in [1.54, 1.807) is 0 Å². The molecule has 0 amide bonds. The fourth-order valence-corrected chi connectivity index (χ4v) is 3.46.